The Labute approximate surface area is 124 Å². The van der Waals surface area contributed by atoms with Gasteiger partial charge in [-0.25, -0.2) is 0 Å². The summed E-state index contributed by atoms with van der Waals surface area (Å²) in [5, 5.41) is 18.9. The van der Waals surface area contributed by atoms with Crippen molar-refractivity contribution < 1.29 is 9.90 Å². The number of anilines is 1. The lowest BCUT2D eigenvalue weighted by Gasteiger charge is -2.19. The normalized spacial score (nSPS) is 12.2. The number of nitrogens with zero attached hydrogens (tertiary/aromatic N) is 1. The molecule has 0 spiro atoms. The molecule has 2 aromatic rings. The fourth-order valence-electron chi connectivity index (χ4n) is 1.77. The molecule has 2 rings (SSSR count). The van der Waals surface area contributed by atoms with Crippen molar-refractivity contribution in [2.24, 2.45) is 0 Å². The fraction of sp³-hybridized carbons (Fsp3) is 0.167. The highest BCUT2D eigenvalue weighted by molar-refractivity contribution is 6.36. The first kappa shape index (κ1) is 14.6. The molecular weight excluding hydrogens is 303 g/mol. The van der Waals surface area contributed by atoms with Gasteiger partial charge in [-0.15, -0.1) is 0 Å². The van der Waals surface area contributed by atoms with Crippen LogP contribution in [0.1, 0.15) is 22.0 Å². The van der Waals surface area contributed by atoms with Crippen LogP contribution in [0.3, 0.4) is 0 Å². The number of carbonyl (C=O) groups excluding carboxylic acids is 1. The summed E-state index contributed by atoms with van der Waals surface area (Å²) >= 11 is 12.1. The lowest BCUT2D eigenvalue weighted by Crippen LogP contribution is -2.31. The van der Waals surface area contributed by atoms with Gasteiger partial charge >= 0.3 is 0 Å². The number of amides is 1. The minimum Gasteiger partial charge on any atom is -0.394 e. The third-order valence-electron chi connectivity index (χ3n) is 2.75. The second-order valence-electron chi connectivity index (χ2n) is 4.04. The molecule has 0 aliphatic heterocycles. The molecule has 0 bridgehead atoms. The molecule has 8 heteroatoms. The molecule has 0 saturated heterocycles. The Balaban J connectivity index is 2.26. The maximum atomic E-state index is 12.0. The van der Waals surface area contributed by atoms with E-state index in [0.717, 1.165) is 0 Å². The lowest BCUT2D eigenvalue weighted by atomic mass is 10.1. The molecule has 20 heavy (non-hydrogen) atoms. The zero-order valence-electron chi connectivity index (χ0n) is 10.2. The van der Waals surface area contributed by atoms with Crippen molar-refractivity contribution in [1.82, 2.24) is 15.5 Å². The van der Waals surface area contributed by atoms with Crippen LogP contribution in [0.5, 0.6) is 0 Å². The molecule has 1 amide bonds. The molecule has 1 atom stereocenters. The van der Waals surface area contributed by atoms with Crippen LogP contribution in [-0.4, -0.2) is 27.8 Å². The van der Waals surface area contributed by atoms with Crippen LogP contribution in [0.25, 0.3) is 0 Å². The quantitative estimate of drug-likeness (QED) is 0.690. The molecule has 106 valence electrons. The molecule has 5 N–H and O–H groups in total. The average Bonchev–Trinajstić information content (AvgIpc) is 2.83. The van der Waals surface area contributed by atoms with Gasteiger partial charge in [-0.2, -0.15) is 5.10 Å². The SMILES string of the molecule is Nc1[nH]ncc1C(=O)NC(CO)c1c(Cl)cccc1Cl. The van der Waals surface area contributed by atoms with E-state index < -0.39 is 11.9 Å². The first-order valence-electron chi connectivity index (χ1n) is 5.69. The van der Waals surface area contributed by atoms with Gasteiger partial charge in [0, 0.05) is 15.6 Å². The topological polar surface area (TPSA) is 104 Å². The van der Waals surface area contributed by atoms with Crippen LogP contribution in [-0.2, 0) is 0 Å². The Morgan fingerprint density at radius 1 is 1.45 bits per heavy atom. The molecular formula is C12H12Cl2N4O2. The molecule has 1 aromatic heterocycles. The summed E-state index contributed by atoms with van der Waals surface area (Å²) in [6, 6.07) is 4.20. The van der Waals surface area contributed by atoms with Crippen LogP contribution >= 0.6 is 23.2 Å². The van der Waals surface area contributed by atoms with E-state index in [1.807, 2.05) is 0 Å². The standard InChI is InChI=1S/C12H12Cl2N4O2/c13-7-2-1-3-8(14)10(7)9(5-19)17-12(20)6-4-16-18-11(6)15/h1-4,9,19H,5H2,(H,17,20)(H3,15,16,18). The number of aromatic nitrogens is 2. The number of hydrogen-bond acceptors (Lipinski definition) is 4. The Kier molecular flexibility index (Phi) is 4.49. The summed E-state index contributed by atoms with van der Waals surface area (Å²) in [6.07, 6.45) is 1.30. The van der Waals surface area contributed by atoms with E-state index in [9.17, 15) is 9.90 Å². The van der Waals surface area contributed by atoms with Crippen LogP contribution in [0.2, 0.25) is 10.0 Å². The number of H-pyrrole nitrogens is 1. The molecule has 1 aromatic carbocycles. The largest absolute Gasteiger partial charge is 0.394 e. The molecule has 0 aliphatic rings. The summed E-state index contributed by atoms with van der Waals surface area (Å²) < 4.78 is 0. The Hall–Kier alpha value is -1.76. The van der Waals surface area contributed by atoms with Crippen LogP contribution < -0.4 is 11.1 Å². The smallest absolute Gasteiger partial charge is 0.257 e. The third-order valence-corrected chi connectivity index (χ3v) is 3.41. The Morgan fingerprint density at radius 3 is 2.60 bits per heavy atom. The second-order valence-corrected chi connectivity index (χ2v) is 4.86. The molecule has 6 nitrogen and oxygen atoms in total. The molecule has 0 saturated carbocycles. The summed E-state index contributed by atoms with van der Waals surface area (Å²) in [7, 11) is 0. The number of aromatic amines is 1. The summed E-state index contributed by atoms with van der Waals surface area (Å²) in [5.41, 5.74) is 6.20. The zero-order chi connectivity index (χ0) is 14.7. The number of benzene rings is 1. The molecule has 0 aliphatic carbocycles. The number of halogens is 2. The van der Waals surface area contributed by atoms with Gasteiger partial charge in [-0.05, 0) is 12.1 Å². The number of nitrogens with two attached hydrogens (primary N) is 1. The van der Waals surface area contributed by atoms with Gasteiger partial charge in [-0.3, -0.25) is 9.89 Å². The van der Waals surface area contributed by atoms with E-state index in [-0.39, 0.29) is 18.0 Å². The van der Waals surface area contributed by atoms with Gasteiger partial charge < -0.3 is 16.2 Å². The van der Waals surface area contributed by atoms with Crippen molar-refractivity contribution in [2.45, 2.75) is 6.04 Å². The number of rotatable bonds is 4. The summed E-state index contributed by atoms with van der Waals surface area (Å²) in [4.78, 5) is 12.0. The summed E-state index contributed by atoms with van der Waals surface area (Å²) in [5.74, 6) is -0.337. The number of nitrogens with one attached hydrogen (secondary N) is 2. The molecule has 0 fully saturated rings. The molecule has 1 unspecified atom stereocenters. The van der Waals surface area contributed by atoms with Gasteiger partial charge in [0.25, 0.3) is 5.91 Å². The highest BCUT2D eigenvalue weighted by atomic mass is 35.5. The van der Waals surface area contributed by atoms with Gasteiger partial charge in [-0.1, -0.05) is 29.3 Å². The predicted molar refractivity (Wildman–Crippen MR) is 76.8 cm³/mol. The van der Waals surface area contributed by atoms with E-state index in [0.29, 0.717) is 15.6 Å². The number of carbonyl (C=O) groups is 1. The maximum Gasteiger partial charge on any atom is 0.257 e. The van der Waals surface area contributed by atoms with Gasteiger partial charge in [0.2, 0.25) is 0 Å². The first-order valence-corrected chi connectivity index (χ1v) is 6.44. The van der Waals surface area contributed by atoms with Crippen LogP contribution in [0.4, 0.5) is 5.82 Å². The van der Waals surface area contributed by atoms with Gasteiger partial charge in [0.05, 0.1) is 18.8 Å². The predicted octanol–water partition coefficient (Wildman–Crippen LogP) is 1.76. The minimum absolute atomic E-state index is 0.143. The highest BCUT2D eigenvalue weighted by Gasteiger charge is 2.21. The number of nitrogen functional groups attached to an aromatic ring is 1. The van der Waals surface area contributed by atoms with E-state index in [1.165, 1.54) is 6.20 Å². The second kappa shape index (κ2) is 6.13. The lowest BCUT2D eigenvalue weighted by molar-refractivity contribution is 0.0917. The van der Waals surface area contributed by atoms with Crippen molar-refractivity contribution in [3.8, 4) is 0 Å². The Morgan fingerprint density at radius 2 is 2.10 bits per heavy atom. The van der Waals surface area contributed by atoms with Crippen molar-refractivity contribution in [3.05, 3.63) is 45.6 Å². The van der Waals surface area contributed by atoms with E-state index >= 15 is 0 Å². The van der Waals surface area contributed by atoms with E-state index in [1.54, 1.807) is 18.2 Å². The average molecular weight is 315 g/mol. The summed E-state index contributed by atoms with van der Waals surface area (Å²) in [6.45, 7) is -0.354. The number of aliphatic hydroxyl groups excluding tert-OH is 1. The maximum absolute atomic E-state index is 12.0. The third kappa shape index (κ3) is 2.87. The van der Waals surface area contributed by atoms with Crippen molar-refractivity contribution >= 4 is 34.9 Å². The van der Waals surface area contributed by atoms with Crippen molar-refractivity contribution in [3.63, 3.8) is 0 Å². The first-order chi connectivity index (χ1) is 9.54. The monoisotopic (exact) mass is 314 g/mol. The minimum atomic E-state index is -0.738. The van der Waals surface area contributed by atoms with Crippen LogP contribution in [0, 0.1) is 0 Å². The van der Waals surface area contributed by atoms with E-state index in [4.69, 9.17) is 28.9 Å². The number of hydrogen-bond donors (Lipinski definition) is 4. The van der Waals surface area contributed by atoms with Crippen LogP contribution in [0.15, 0.2) is 24.4 Å². The number of aliphatic hydroxyl groups is 1. The Bertz CT molecular complexity index is 609. The molecule has 0 radical (unpaired) electrons. The van der Waals surface area contributed by atoms with Crippen molar-refractivity contribution in [2.75, 3.05) is 12.3 Å². The zero-order valence-corrected chi connectivity index (χ0v) is 11.7. The fourth-order valence-corrected chi connectivity index (χ4v) is 2.43. The molecule has 1 heterocycles. The van der Waals surface area contributed by atoms with Crippen molar-refractivity contribution in [1.29, 1.82) is 0 Å². The highest BCUT2D eigenvalue weighted by Crippen LogP contribution is 2.30. The van der Waals surface area contributed by atoms with E-state index in [2.05, 4.69) is 15.5 Å². The van der Waals surface area contributed by atoms with Gasteiger partial charge in [0.1, 0.15) is 11.4 Å². The van der Waals surface area contributed by atoms with Gasteiger partial charge in [0.15, 0.2) is 0 Å².